The van der Waals surface area contributed by atoms with Gasteiger partial charge in [-0.05, 0) is 35.6 Å². The van der Waals surface area contributed by atoms with E-state index in [9.17, 15) is 9.18 Å². The van der Waals surface area contributed by atoms with E-state index in [1.165, 1.54) is 18.2 Å². The van der Waals surface area contributed by atoms with Gasteiger partial charge in [0, 0.05) is 12.1 Å². The lowest BCUT2D eigenvalue weighted by molar-refractivity contribution is -0.117. The van der Waals surface area contributed by atoms with Gasteiger partial charge in [0.25, 0.3) is 0 Å². The lowest BCUT2D eigenvalue weighted by Gasteiger charge is -2.25. The lowest BCUT2D eigenvalue weighted by Crippen LogP contribution is -2.41. The Morgan fingerprint density at radius 1 is 1.11 bits per heavy atom. The molecule has 0 radical (unpaired) electrons. The van der Waals surface area contributed by atoms with Crippen LogP contribution in [0.1, 0.15) is 33.3 Å². The predicted octanol–water partition coefficient (Wildman–Crippen LogP) is 3.64. The number of halogens is 1. The van der Waals surface area contributed by atoms with Gasteiger partial charge in [-0.2, -0.15) is 0 Å². The molecule has 0 atom stereocenters. The Bertz CT molecular complexity index is 427. The SMILES string of the molecule is CC(C)C(NC(=O)/C=C/c1ccc(F)cc1)C(C)C. The maximum Gasteiger partial charge on any atom is 0.244 e. The largest absolute Gasteiger partial charge is 0.349 e. The van der Waals surface area contributed by atoms with Crippen molar-refractivity contribution in [3.63, 3.8) is 0 Å². The van der Waals surface area contributed by atoms with Crippen molar-refractivity contribution in [2.24, 2.45) is 11.8 Å². The van der Waals surface area contributed by atoms with Crippen LogP contribution in [-0.4, -0.2) is 11.9 Å². The third kappa shape index (κ3) is 5.25. The van der Waals surface area contributed by atoms with Crippen molar-refractivity contribution in [1.29, 1.82) is 0 Å². The lowest BCUT2D eigenvalue weighted by atomic mass is 9.93. The number of rotatable bonds is 5. The highest BCUT2D eigenvalue weighted by atomic mass is 19.1. The molecule has 0 bridgehead atoms. The minimum atomic E-state index is -0.277. The highest BCUT2D eigenvalue weighted by Crippen LogP contribution is 2.12. The van der Waals surface area contributed by atoms with Gasteiger partial charge in [0.05, 0.1) is 0 Å². The summed E-state index contributed by atoms with van der Waals surface area (Å²) in [6.07, 6.45) is 3.18. The van der Waals surface area contributed by atoms with E-state index in [2.05, 4.69) is 33.0 Å². The number of amides is 1. The second-order valence-electron chi connectivity index (χ2n) is 5.41. The van der Waals surface area contributed by atoms with E-state index in [4.69, 9.17) is 0 Å². The van der Waals surface area contributed by atoms with Crippen molar-refractivity contribution >= 4 is 12.0 Å². The first-order valence-corrected chi connectivity index (χ1v) is 6.64. The molecule has 1 aromatic carbocycles. The molecular formula is C16H22FNO. The van der Waals surface area contributed by atoms with Crippen molar-refractivity contribution in [1.82, 2.24) is 5.32 Å². The molecule has 0 aliphatic heterocycles. The third-order valence-electron chi connectivity index (χ3n) is 3.04. The van der Waals surface area contributed by atoms with E-state index in [0.717, 1.165) is 5.56 Å². The Hall–Kier alpha value is -1.64. The topological polar surface area (TPSA) is 29.1 Å². The van der Waals surface area contributed by atoms with E-state index in [1.54, 1.807) is 18.2 Å². The molecule has 2 nitrogen and oxygen atoms in total. The van der Waals surface area contributed by atoms with E-state index in [0.29, 0.717) is 11.8 Å². The zero-order valence-corrected chi connectivity index (χ0v) is 12.0. The summed E-state index contributed by atoms with van der Waals surface area (Å²) in [5.41, 5.74) is 0.808. The molecule has 0 saturated carbocycles. The number of hydrogen-bond acceptors (Lipinski definition) is 1. The number of nitrogens with one attached hydrogen (secondary N) is 1. The van der Waals surface area contributed by atoms with Crippen LogP contribution in [0.15, 0.2) is 30.3 Å². The predicted molar refractivity (Wildman–Crippen MR) is 77.0 cm³/mol. The molecule has 0 aliphatic rings. The van der Waals surface area contributed by atoms with E-state index < -0.39 is 0 Å². The number of carbonyl (C=O) groups excluding carboxylic acids is 1. The molecule has 0 fully saturated rings. The summed E-state index contributed by atoms with van der Waals surface area (Å²) >= 11 is 0. The van der Waals surface area contributed by atoms with Crippen LogP contribution >= 0.6 is 0 Å². The Morgan fingerprint density at radius 2 is 1.63 bits per heavy atom. The zero-order chi connectivity index (χ0) is 14.4. The molecule has 19 heavy (non-hydrogen) atoms. The Morgan fingerprint density at radius 3 is 2.11 bits per heavy atom. The van der Waals surface area contributed by atoms with Gasteiger partial charge in [0.1, 0.15) is 5.82 Å². The van der Waals surface area contributed by atoms with Gasteiger partial charge in [0.2, 0.25) is 5.91 Å². The summed E-state index contributed by atoms with van der Waals surface area (Å²) in [5.74, 6) is 0.393. The molecule has 0 saturated heterocycles. The average Bonchev–Trinajstić information content (AvgIpc) is 2.34. The van der Waals surface area contributed by atoms with Gasteiger partial charge in [-0.1, -0.05) is 39.8 Å². The highest BCUT2D eigenvalue weighted by molar-refractivity contribution is 5.91. The molecule has 0 aromatic heterocycles. The third-order valence-corrected chi connectivity index (χ3v) is 3.04. The molecule has 1 N–H and O–H groups in total. The van der Waals surface area contributed by atoms with Gasteiger partial charge in [-0.3, -0.25) is 4.79 Å². The quantitative estimate of drug-likeness (QED) is 0.807. The van der Waals surface area contributed by atoms with E-state index >= 15 is 0 Å². The van der Waals surface area contributed by atoms with Crippen LogP contribution < -0.4 is 5.32 Å². The fourth-order valence-electron chi connectivity index (χ4n) is 2.06. The maximum atomic E-state index is 12.7. The smallest absolute Gasteiger partial charge is 0.244 e. The molecule has 3 heteroatoms. The van der Waals surface area contributed by atoms with Crippen LogP contribution in [0.2, 0.25) is 0 Å². The maximum absolute atomic E-state index is 12.7. The zero-order valence-electron chi connectivity index (χ0n) is 12.0. The summed E-state index contributed by atoms with van der Waals surface area (Å²) in [6.45, 7) is 8.37. The summed E-state index contributed by atoms with van der Waals surface area (Å²) < 4.78 is 12.7. The van der Waals surface area contributed by atoms with Crippen molar-refractivity contribution < 1.29 is 9.18 Å². The van der Waals surface area contributed by atoms with E-state index in [-0.39, 0.29) is 17.8 Å². The second-order valence-corrected chi connectivity index (χ2v) is 5.41. The van der Waals surface area contributed by atoms with Crippen LogP contribution in [0, 0.1) is 17.7 Å². The second kappa shape index (κ2) is 7.07. The fraction of sp³-hybridized carbons (Fsp3) is 0.438. The van der Waals surface area contributed by atoms with Crippen LogP contribution in [0.3, 0.4) is 0 Å². The van der Waals surface area contributed by atoms with Crippen LogP contribution in [0.25, 0.3) is 6.08 Å². The van der Waals surface area contributed by atoms with Gasteiger partial charge in [-0.15, -0.1) is 0 Å². The van der Waals surface area contributed by atoms with Crippen molar-refractivity contribution in [3.05, 3.63) is 41.7 Å². The normalized spacial score (nSPS) is 11.8. The molecule has 0 heterocycles. The summed E-state index contributed by atoms with van der Waals surface area (Å²) in [4.78, 5) is 11.8. The van der Waals surface area contributed by atoms with Gasteiger partial charge in [0.15, 0.2) is 0 Å². The summed E-state index contributed by atoms with van der Waals surface area (Å²) in [6, 6.07) is 6.19. The monoisotopic (exact) mass is 263 g/mol. The standard InChI is InChI=1S/C16H22FNO/c1-11(2)16(12(3)4)18-15(19)10-7-13-5-8-14(17)9-6-13/h5-12,16H,1-4H3,(H,18,19)/b10-7+. The molecular weight excluding hydrogens is 241 g/mol. The number of hydrogen-bond donors (Lipinski definition) is 1. The fourth-order valence-corrected chi connectivity index (χ4v) is 2.06. The Kier molecular flexibility index (Phi) is 5.74. The van der Waals surface area contributed by atoms with Crippen LogP contribution in [0.4, 0.5) is 4.39 Å². The molecule has 1 rings (SSSR count). The molecule has 1 amide bonds. The first kappa shape index (κ1) is 15.4. The summed E-state index contributed by atoms with van der Waals surface area (Å²) in [7, 11) is 0. The summed E-state index contributed by atoms with van der Waals surface area (Å²) in [5, 5.41) is 3.00. The molecule has 0 unspecified atom stereocenters. The van der Waals surface area contributed by atoms with E-state index in [1.807, 2.05) is 0 Å². The number of benzene rings is 1. The molecule has 104 valence electrons. The molecule has 0 aliphatic carbocycles. The van der Waals surface area contributed by atoms with Gasteiger partial charge in [-0.25, -0.2) is 4.39 Å². The number of carbonyl (C=O) groups is 1. The first-order chi connectivity index (χ1) is 8.90. The van der Waals surface area contributed by atoms with Gasteiger partial charge >= 0.3 is 0 Å². The molecule has 1 aromatic rings. The van der Waals surface area contributed by atoms with Crippen molar-refractivity contribution in [2.75, 3.05) is 0 Å². The Balaban J connectivity index is 2.61. The van der Waals surface area contributed by atoms with Gasteiger partial charge < -0.3 is 5.32 Å². The molecule has 0 spiro atoms. The highest BCUT2D eigenvalue weighted by Gasteiger charge is 2.18. The minimum absolute atomic E-state index is 0.114. The average molecular weight is 263 g/mol. The van der Waals surface area contributed by atoms with Crippen LogP contribution in [-0.2, 0) is 4.79 Å². The van der Waals surface area contributed by atoms with Crippen molar-refractivity contribution in [3.8, 4) is 0 Å². The first-order valence-electron chi connectivity index (χ1n) is 6.64. The van der Waals surface area contributed by atoms with Crippen LogP contribution in [0.5, 0.6) is 0 Å². The minimum Gasteiger partial charge on any atom is -0.349 e. The van der Waals surface area contributed by atoms with Crippen molar-refractivity contribution in [2.45, 2.75) is 33.7 Å². The Labute approximate surface area is 114 Å².